The van der Waals surface area contributed by atoms with Gasteiger partial charge in [-0.15, -0.1) is 5.10 Å². The number of nitrogens with zero attached hydrogens (tertiary/aromatic N) is 5. The SMILES string of the molecule is O=C(c1cnn2c(-c3ccc(-c4n[nH]c(=O)o4)nc3)cccc12)N1CCCCC1. The second kappa shape index (κ2) is 7.01. The smallest absolute Gasteiger partial charge is 0.386 e. The molecule has 1 aliphatic rings. The van der Waals surface area contributed by atoms with Gasteiger partial charge in [-0.25, -0.2) is 14.4 Å². The topological polar surface area (TPSA) is 109 Å². The summed E-state index contributed by atoms with van der Waals surface area (Å²) in [7, 11) is 0. The Morgan fingerprint density at radius 3 is 2.66 bits per heavy atom. The second-order valence-corrected chi connectivity index (χ2v) is 6.97. The molecule has 0 spiro atoms. The molecule has 5 rings (SSSR count). The number of likely N-dealkylation sites (tertiary alicyclic amines) is 1. The Labute approximate surface area is 165 Å². The third-order valence-corrected chi connectivity index (χ3v) is 5.13. The van der Waals surface area contributed by atoms with Crippen LogP contribution in [0.2, 0.25) is 0 Å². The van der Waals surface area contributed by atoms with Crippen molar-refractivity contribution >= 4 is 11.4 Å². The molecule has 0 unspecified atom stereocenters. The molecule has 0 saturated carbocycles. The van der Waals surface area contributed by atoms with Crippen LogP contribution in [0.4, 0.5) is 0 Å². The number of aromatic amines is 1. The van der Waals surface area contributed by atoms with Crippen LogP contribution in [0, 0.1) is 0 Å². The number of amides is 1. The highest BCUT2D eigenvalue weighted by molar-refractivity contribution is 6.01. The van der Waals surface area contributed by atoms with E-state index in [-0.39, 0.29) is 11.8 Å². The van der Waals surface area contributed by atoms with Crippen LogP contribution in [0.15, 0.2) is 51.9 Å². The van der Waals surface area contributed by atoms with Crippen molar-refractivity contribution in [3.8, 4) is 22.8 Å². The van der Waals surface area contributed by atoms with Gasteiger partial charge in [0.1, 0.15) is 5.69 Å². The molecule has 0 aromatic carbocycles. The van der Waals surface area contributed by atoms with E-state index in [9.17, 15) is 9.59 Å². The molecule has 0 bridgehead atoms. The van der Waals surface area contributed by atoms with Gasteiger partial charge in [0.05, 0.1) is 23.0 Å². The molecule has 29 heavy (non-hydrogen) atoms. The van der Waals surface area contributed by atoms with Crippen LogP contribution < -0.4 is 5.76 Å². The lowest BCUT2D eigenvalue weighted by molar-refractivity contribution is 0.0726. The number of aromatic nitrogens is 5. The molecule has 1 saturated heterocycles. The maximum atomic E-state index is 12.9. The first kappa shape index (κ1) is 17.4. The minimum Gasteiger partial charge on any atom is -0.386 e. The van der Waals surface area contributed by atoms with E-state index in [1.165, 1.54) is 6.42 Å². The van der Waals surface area contributed by atoms with E-state index < -0.39 is 5.76 Å². The van der Waals surface area contributed by atoms with Crippen molar-refractivity contribution in [1.29, 1.82) is 0 Å². The number of hydrogen-bond acceptors (Lipinski definition) is 6. The average Bonchev–Trinajstić information content (AvgIpc) is 3.40. The first-order valence-electron chi connectivity index (χ1n) is 9.49. The molecule has 0 radical (unpaired) electrons. The number of carbonyl (C=O) groups excluding carboxylic acids is 1. The molecule has 4 aromatic heterocycles. The summed E-state index contributed by atoms with van der Waals surface area (Å²) in [6.45, 7) is 1.59. The van der Waals surface area contributed by atoms with Crippen molar-refractivity contribution in [3.63, 3.8) is 0 Å². The molecule has 1 aliphatic heterocycles. The van der Waals surface area contributed by atoms with Crippen molar-refractivity contribution in [3.05, 3.63) is 58.8 Å². The predicted molar refractivity (Wildman–Crippen MR) is 104 cm³/mol. The molecule has 1 fully saturated rings. The largest absolute Gasteiger partial charge is 0.434 e. The summed E-state index contributed by atoms with van der Waals surface area (Å²) in [5, 5.41) is 10.5. The molecule has 9 heteroatoms. The highest BCUT2D eigenvalue weighted by Crippen LogP contribution is 2.24. The summed E-state index contributed by atoms with van der Waals surface area (Å²) < 4.78 is 6.68. The lowest BCUT2D eigenvalue weighted by atomic mass is 10.1. The molecule has 0 atom stereocenters. The molecule has 4 aromatic rings. The first-order chi connectivity index (χ1) is 14.2. The van der Waals surface area contributed by atoms with Crippen LogP contribution in [0.5, 0.6) is 0 Å². The maximum absolute atomic E-state index is 12.9. The zero-order valence-corrected chi connectivity index (χ0v) is 15.5. The summed E-state index contributed by atoms with van der Waals surface area (Å²) >= 11 is 0. The Morgan fingerprint density at radius 1 is 1.07 bits per heavy atom. The van der Waals surface area contributed by atoms with Crippen LogP contribution in [0.1, 0.15) is 29.6 Å². The number of pyridine rings is 2. The Morgan fingerprint density at radius 2 is 1.93 bits per heavy atom. The van der Waals surface area contributed by atoms with E-state index in [1.807, 2.05) is 29.2 Å². The van der Waals surface area contributed by atoms with E-state index in [4.69, 9.17) is 4.42 Å². The van der Waals surface area contributed by atoms with Gasteiger partial charge in [-0.1, -0.05) is 6.07 Å². The van der Waals surface area contributed by atoms with Crippen molar-refractivity contribution < 1.29 is 9.21 Å². The Kier molecular flexibility index (Phi) is 4.19. The van der Waals surface area contributed by atoms with Crippen LogP contribution in [-0.2, 0) is 0 Å². The molecular formula is C20H18N6O3. The van der Waals surface area contributed by atoms with Gasteiger partial charge >= 0.3 is 5.76 Å². The highest BCUT2D eigenvalue weighted by atomic mass is 16.4. The number of piperidine rings is 1. The number of fused-ring (bicyclic) bond motifs is 1. The summed E-state index contributed by atoms with van der Waals surface area (Å²) in [4.78, 5) is 30.3. The summed E-state index contributed by atoms with van der Waals surface area (Å²) in [5.74, 6) is -0.467. The quantitative estimate of drug-likeness (QED) is 0.575. The summed E-state index contributed by atoms with van der Waals surface area (Å²) in [6, 6.07) is 9.28. The lowest BCUT2D eigenvalue weighted by Gasteiger charge is -2.26. The van der Waals surface area contributed by atoms with E-state index in [1.54, 1.807) is 23.0 Å². The van der Waals surface area contributed by atoms with Crippen LogP contribution in [0.25, 0.3) is 28.4 Å². The van der Waals surface area contributed by atoms with Crippen LogP contribution in [0.3, 0.4) is 0 Å². The lowest BCUT2D eigenvalue weighted by Crippen LogP contribution is -2.35. The minimum absolute atomic E-state index is 0.0267. The third kappa shape index (κ3) is 3.10. The van der Waals surface area contributed by atoms with Gasteiger partial charge in [-0.2, -0.15) is 5.10 Å². The summed E-state index contributed by atoms with van der Waals surface area (Å²) in [6.07, 6.45) is 6.56. The number of nitrogens with one attached hydrogen (secondary N) is 1. The van der Waals surface area contributed by atoms with Gasteiger partial charge in [0.25, 0.3) is 11.8 Å². The van der Waals surface area contributed by atoms with Gasteiger partial charge in [0.15, 0.2) is 0 Å². The normalized spacial score (nSPS) is 14.4. The first-order valence-corrected chi connectivity index (χ1v) is 9.49. The number of H-pyrrole nitrogens is 1. The molecule has 1 N–H and O–H groups in total. The zero-order chi connectivity index (χ0) is 19.8. The Balaban J connectivity index is 1.50. The fraction of sp³-hybridized carbons (Fsp3) is 0.250. The van der Waals surface area contributed by atoms with E-state index in [0.29, 0.717) is 11.3 Å². The fourth-order valence-electron chi connectivity index (χ4n) is 3.67. The van der Waals surface area contributed by atoms with Crippen molar-refractivity contribution in [2.75, 3.05) is 13.1 Å². The van der Waals surface area contributed by atoms with Crippen molar-refractivity contribution in [2.45, 2.75) is 19.3 Å². The molecule has 0 aliphatic carbocycles. The predicted octanol–water partition coefficient (Wildman–Crippen LogP) is 2.37. The number of hydrogen-bond donors (Lipinski definition) is 1. The monoisotopic (exact) mass is 390 g/mol. The van der Waals surface area contributed by atoms with E-state index >= 15 is 0 Å². The molecule has 5 heterocycles. The number of rotatable bonds is 3. The second-order valence-electron chi connectivity index (χ2n) is 6.97. The zero-order valence-electron chi connectivity index (χ0n) is 15.5. The van der Waals surface area contributed by atoms with Gasteiger partial charge in [0, 0.05) is 24.8 Å². The van der Waals surface area contributed by atoms with Gasteiger partial charge < -0.3 is 9.32 Å². The van der Waals surface area contributed by atoms with Gasteiger partial charge in [-0.05, 0) is 43.5 Å². The third-order valence-electron chi connectivity index (χ3n) is 5.13. The van der Waals surface area contributed by atoms with Gasteiger partial charge in [0.2, 0.25) is 0 Å². The minimum atomic E-state index is -0.627. The summed E-state index contributed by atoms with van der Waals surface area (Å²) in [5.41, 5.74) is 3.44. The Hall–Kier alpha value is -3.75. The Bertz CT molecular complexity index is 1230. The van der Waals surface area contributed by atoms with E-state index in [0.717, 1.165) is 42.7 Å². The number of carbonyl (C=O) groups is 1. The molecule has 146 valence electrons. The maximum Gasteiger partial charge on any atom is 0.434 e. The molecule has 9 nitrogen and oxygen atoms in total. The van der Waals surface area contributed by atoms with Crippen LogP contribution in [-0.4, -0.2) is 48.7 Å². The standard InChI is InChI=1S/C20H18N6O3/c27-19(25-9-2-1-3-10-25)14-12-22-26-16(5-4-6-17(14)26)13-7-8-15(21-11-13)18-23-24-20(28)29-18/h4-8,11-12H,1-3,9-10H2,(H,24,28). The van der Waals surface area contributed by atoms with Crippen molar-refractivity contribution in [1.82, 2.24) is 29.7 Å². The average molecular weight is 390 g/mol. The molecular weight excluding hydrogens is 372 g/mol. The fourth-order valence-corrected chi connectivity index (χ4v) is 3.67. The van der Waals surface area contributed by atoms with E-state index in [2.05, 4.69) is 20.3 Å². The highest BCUT2D eigenvalue weighted by Gasteiger charge is 2.22. The van der Waals surface area contributed by atoms with Crippen LogP contribution >= 0.6 is 0 Å². The van der Waals surface area contributed by atoms with Gasteiger partial charge in [-0.3, -0.25) is 9.78 Å². The van der Waals surface area contributed by atoms with Crippen molar-refractivity contribution in [2.24, 2.45) is 0 Å². The molecule has 1 amide bonds.